The number of nitrogens with zero attached hydrogens (tertiary/aromatic N) is 2. The first-order chi connectivity index (χ1) is 11.1. The number of nitrogens with one attached hydrogen (secondary N) is 1. The summed E-state index contributed by atoms with van der Waals surface area (Å²) < 4.78 is 5.31. The molecule has 3 fully saturated rings. The van der Waals surface area contributed by atoms with E-state index in [2.05, 4.69) is 17.1 Å². The summed E-state index contributed by atoms with van der Waals surface area (Å²) in [5.41, 5.74) is 0. The minimum atomic E-state index is -0.0912. The van der Waals surface area contributed by atoms with Crippen molar-refractivity contribution in [2.24, 2.45) is 17.8 Å². The predicted octanol–water partition coefficient (Wildman–Crippen LogP) is 0.329. The number of carbonyl (C=O) groups excluding carboxylic acids is 2. The van der Waals surface area contributed by atoms with E-state index in [1.54, 1.807) is 0 Å². The first kappa shape index (κ1) is 16.7. The van der Waals surface area contributed by atoms with Crippen LogP contribution < -0.4 is 5.32 Å². The molecule has 2 atom stereocenters. The van der Waals surface area contributed by atoms with Gasteiger partial charge in [-0.3, -0.25) is 14.5 Å². The van der Waals surface area contributed by atoms with Gasteiger partial charge in [0.2, 0.25) is 11.8 Å². The summed E-state index contributed by atoms with van der Waals surface area (Å²) in [6.45, 7) is 8.93. The molecule has 0 aromatic heterocycles. The SMILES string of the molecule is CC1CCN(C(=O)C2CC2C(=O)NCCN2CCOCC2)CC1. The van der Waals surface area contributed by atoms with Crippen molar-refractivity contribution in [2.75, 3.05) is 52.5 Å². The summed E-state index contributed by atoms with van der Waals surface area (Å²) in [5, 5.41) is 2.99. The molecule has 2 amide bonds. The van der Waals surface area contributed by atoms with E-state index in [1.807, 2.05) is 4.90 Å². The molecule has 0 spiro atoms. The Kier molecular flexibility index (Phi) is 5.54. The fourth-order valence-electron chi connectivity index (χ4n) is 3.51. The van der Waals surface area contributed by atoms with E-state index in [-0.39, 0.29) is 23.7 Å². The van der Waals surface area contributed by atoms with Gasteiger partial charge in [-0.15, -0.1) is 0 Å². The van der Waals surface area contributed by atoms with Crippen LogP contribution in [0.4, 0.5) is 0 Å². The average molecular weight is 323 g/mol. The zero-order valence-corrected chi connectivity index (χ0v) is 14.1. The van der Waals surface area contributed by atoms with Crippen molar-refractivity contribution >= 4 is 11.8 Å². The molecule has 6 nitrogen and oxygen atoms in total. The summed E-state index contributed by atoms with van der Waals surface area (Å²) in [4.78, 5) is 28.9. The maximum absolute atomic E-state index is 12.4. The summed E-state index contributed by atoms with van der Waals surface area (Å²) in [6.07, 6.45) is 2.91. The predicted molar refractivity (Wildman–Crippen MR) is 86.8 cm³/mol. The molecule has 0 aromatic rings. The van der Waals surface area contributed by atoms with Crippen LogP contribution in [0.1, 0.15) is 26.2 Å². The second-order valence-electron chi connectivity index (χ2n) is 7.20. The molecule has 3 rings (SSSR count). The Balaban J connectivity index is 1.34. The average Bonchev–Trinajstić information content (AvgIpc) is 3.36. The van der Waals surface area contributed by atoms with Gasteiger partial charge in [-0.05, 0) is 25.2 Å². The van der Waals surface area contributed by atoms with Crippen LogP contribution in [0.3, 0.4) is 0 Å². The third-order valence-corrected chi connectivity index (χ3v) is 5.37. The Morgan fingerprint density at radius 2 is 1.78 bits per heavy atom. The number of morpholine rings is 1. The second-order valence-corrected chi connectivity index (χ2v) is 7.20. The largest absolute Gasteiger partial charge is 0.379 e. The highest BCUT2D eigenvalue weighted by Crippen LogP contribution is 2.40. The highest BCUT2D eigenvalue weighted by Gasteiger charge is 2.49. The monoisotopic (exact) mass is 323 g/mol. The smallest absolute Gasteiger partial charge is 0.226 e. The molecular weight excluding hydrogens is 294 g/mol. The van der Waals surface area contributed by atoms with E-state index in [4.69, 9.17) is 4.74 Å². The standard InChI is InChI=1S/C17H29N3O3/c1-13-2-5-20(6-3-13)17(22)15-12-14(15)16(21)18-4-7-19-8-10-23-11-9-19/h13-15H,2-12H2,1H3,(H,18,21). The van der Waals surface area contributed by atoms with Gasteiger partial charge in [-0.25, -0.2) is 0 Å². The lowest BCUT2D eigenvalue weighted by atomic mass is 9.99. The zero-order valence-electron chi connectivity index (χ0n) is 14.1. The van der Waals surface area contributed by atoms with Gasteiger partial charge in [0.25, 0.3) is 0 Å². The lowest BCUT2D eigenvalue weighted by molar-refractivity contribution is -0.135. The molecule has 3 aliphatic rings. The Labute approximate surface area is 138 Å². The van der Waals surface area contributed by atoms with E-state index in [1.165, 1.54) is 0 Å². The van der Waals surface area contributed by atoms with Gasteiger partial charge in [0.05, 0.1) is 25.0 Å². The van der Waals surface area contributed by atoms with E-state index in [0.717, 1.165) is 71.1 Å². The third kappa shape index (κ3) is 4.44. The molecule has 0 aromatic carbocycles. The summed E-state index contributed by atoms with van der Waals surface area (Å²) in [5.74, 6) is 0.822. The molecule has 1 N–H and O–H groups in total. The number of likely N-dealkylation sites (tertiary alicyclic amines) is 1. The summed E-state index contributed by atoms with van der Waals surface area (Å²) in [7, 11) is 0. The van der Waals surface area contributed by atoms with E-state index in [9.17, 15) is 9.59 Å². The number of hydrogen-bond acceptors (Lipinski definition) is 4. The van der Waals surface area contributed by atoms with Crippen LogP contribution in [0, 0.1) is 17.8 Å². The number of amides is 2. The van der Waals surface area contributed by atoms with Gasteiger partial charge in [-0.1, -0.05) is 6.92 Å². The van der Waals surface area contributed by atoms with Crippen molar-refractivity contribution in [1.82, 2.24) is 15.1 Å². The molecule has 2 aliphatic heterocycles. The van der Waals surface area contributed by atoms with Crippen molar-refractivity contribution in [1.29, 1.82) is 0 Å². The number of ether oxygens (including phenoxy) is 1. The van der Waals surface area contributed by atoms with Crippen LogP contribution >= 0.6 is 0 Å². The van der Waals surface area contributed by atoms with Gasteiger partial charge in [0.15, 0.2) is 0 Å². The highest BCUT2D eigenvalue weighted by molar-refractivity contribution is 5.92. The number of piperidine rings is 1. The van der Waals surface area contributed by atoms with E-state index in [0.29, 0.717) is 6.54 Å². The molecule has 0 radical (unpaired) electrons. The molecule has 2 heterocycles. The Morgan fingerprint density at radius 1 is 1.09 bits per heavy atom. The molecule has 0 bridgehead atoms. The molecule has 23 heavy (non-hydrogen) atoms. The summed E-state index contributed by atoms with van der Waals surface area (Å²) in [6, 6.07) is 0. The van der Waals surface area contributed by atoms with Crippen LogP contribution in [0.15, 0.2) is 0 Å². The summed E-state index contributed by atoms with van der Waals surface area (Å²) >= 11 is 0. The number of hydrogen-bond donors (Lipinski definition) is 1. The van der Waals surface area contributed by atoms with E-state index < -0.39 is 0 Å². The van der Waals surface area contributed by atoms with Crippen LogP contribution in [-0.2, 0) is 14.3 Å². The lowest BCUT2D eigenvalue weighted by Crippen LogP contribution is -2.42. The van der Waals surface area contributed by atoms with Gasteiger partial charge in [-0.2, -0.15) is 0 Å². The molecule has 2 saturated heterocycles. The fourth-order valence-corrected chi connectivity index (χ4v) is 3.51. The Bertz CT molecular complexity index is 429. The van der Waals surface area contributed by atoms with Crippen molar-refractivity contribution in [3.8, 4) is 0 Å². The van der Waals surface area contributed by atoms with Crippen LogP contribution in [0.5, 0.6) is 0 Å². The maximum atomic E-state index is 12.4. The maximum Gasteiger partial charge on any atom is 0.226 e. The van der Waals surface area contributed by atoms with Crippen molar-refractivity contribution in [3.05, 3.63) is 0 Å². The number of carbonyl (C=O) groups is 2. The third-order valence-electron chi connectivity index (χ3n) is 5.37. The first-order valence-electron chi connectivity index (χ1n) is 9.01. The number of rotatable bonds is 5. The Morgan fingerprint density at radius 3 is 2.48 bits per heavy atom. The van der Waals surface area contributed by atoms with Gasteiger partial charge in [0, 0.05) is 39.3 Å². The van der Waals surface area contributed by atoms with Crippen molar-refractivity contribution in [2.45, 2.75) is 26.2 Å². The van der Waals surface area contributed by atoms with Crippen molar-refractivity contribution < 1.29 is 14.3 Å². The van der Waals surface area contributed by atoms with Crippen LogP contribution in [0.25, 0.3) is 0 Å². The quantitative estimate of drug-likeness (QED) is 0.792. The molecular formula is C17H29N3O3. The highest BCUT2D eigenvalue weighted by atomic mass is 16.5. The van der Waals surface area contributed by atoms with Crippen LogP contribution in [0.2, 0.25) is 0 Å². The molecule has 6 heteroatoms. The van der Waals surface area contributed by atoms with Crippen molar-refractivity contribution in [3.63, 3.8) is 0 Å². The van der Waals surface area contributed by atoms with Gasteiger partial charge in [0.1, 0.15) is 0 Å². The first-order valence-corrected chi connectivity index (χ1v) is 9.01. The van der Waals surface area contributed by atoms with E-state index >= 15 is 0 Å². The molecule has 130 valence electrons. The second kappa shape index (κ2) is 7.62. The zero-order chi connectivity index (χ0) is 16.2. The van der Waals surface area contributed by atoms with Gasteiger partial charge < -0.3 is 15.0 Å². The van der Waals surface area contributed by atoms with Gasteiger partial charge >= 0.3 is 0 Å². The molecule has 1 saturated carbocycles. The van der Waals surface area contributed by atoms with Crippen LogP contribution in [-0.4, -0.2) is 74.1 Å². The minimum Gasteiger partial charge on any atom is -0.379 e. The topological polar surface area (TPSA) is 61.9 Å². The lowest BCUT2D eigenvalue weighted by Gasteiger charge is -2.30. The minimum absolute atomic E-state index is 0.0574. The Hall–Kier alpha value is -1.14. The molecule has 2 unspecified atom stereocenters. The fraction of sp³-hybridized carbons (Fsp3) is 0.882. The normalized spacial score (nSPS) is 29.3. The molecule has 1 aliphatic carbocycles.